The van der Waals surface area contributed by atoms with Crippen LogP contribution in [0.25, 0.3) is 0 Å². The first-order valence-corrected chi connectivity index (χ1v) is 10.2. The molecule has 0 radical (unpaired) electrons. The van der Waals surface area contributed by atoms with Gasteiger partial charge in [-0.25, -0.2) is 0 Å². The molecule has 0 bridgehead atoms. The first-order valence-electron chi connectivity index (χ1n) is 10.2. The van der Waals surface area contributed by atoms with E-state index in [1.165, 1.54) is 11.1 Å². The van der Waals surface area contributed by atoms with Crippen LogP contribution in [0.15, 0.2) is 54.6 Å². The number of nitrogens with one attached hydrogen (secondary N) is 1. The van der Waals surface area contributed by atoms with Crippen LogP contribution in [0.2, 0.25) is 0 Å². The summed E-state index contributed by atoms with van der Waals surface area (Å²) < 4.78 is 11.7. The van der Waals surface area contributed by atoms with Crippen LogP contribution in [0.4, 0.5) is 0 Å². The Balaban J connectivity index is 1.52. The zero-order valence-electron chi connectivity index (χ0n) is 16.0. The van der Waals surface area contributed by atoms with Crippen molar-refractivity contribution in [3.63, 3.8) is 0 Å². The molecule has 2 aromatic carbocycles. The molecule has 2 heterocycles. The van der Waals surface area contributed by atoms with E-state index in [0.717, 1.165) is 58.0 Å². The minimum absolute atomic E-state index is 0.455. The van der Waals surface area contributed by atoms with Gasteiger partial charge in [0.2, 0.25) is 0 Å². The van der Waals surface area contributed by atoms with Gasteiger partial charge in [0.1, 0.15) is 12.4 Å². The van der Waals surface area contributed by atoms with Gasteiger partial charge in [-0.05, 0) is 42.0 Å². The van der Waals surface area contributed by atoms with Gasteiger partial charge >= 0.3 is 0 Å². The summed E-state index contributed by atoms with van der Waals surface area (Å²) in [4.78, 5) is 2.66. The van der Waals surface area contributed by atoms with Crippen molar-refractivity contribution in [3.05, 3.63) is 65.7 Å². The Kier molecular flexibility index (Phi) is 6.40. The van der Waals surface area contributed by atoms with Crippen LogP contribution in [0.3, 0.4) is 0 Å². The third kappa shape index (κ3) is 4.89. The number of hydrogen-bond acceptors (Lipinski definition) is 4. The molecule has 0 spiro atoms. The lowest BCUT2D eigenvalue weighted by molar-refractivity contribution is 0.0212. The molecule has 2 fully saturated rings. The third-order valence-corrected chi connectivity index (χ3v) is 5.71. The van der Waals surface area contributed by atoms with Gasteiger partial charge in [-0.15, -0.1) is 0 Å². The number of rotatable bonds is 6. The third-order valence-electron chi connectivity index (χ3n) is 5.71. The van der Waals surface area contributed by atoms with Crippen molar-refractivity contribution in [3.8, 4) is 5.75 Å². The number of nitrogens with zero attached hydrogens (tertiary/aromatic N) is 1. The van der Waals surface area contributed by atoms with Gasteiger partial charge in [0, 0.05) is 45.4 Å². The maximum atomic E-state index is 6.10. The van der Waals surface area contributed by atoms with Crippen LogP contribution < -0.4 is 10.1 Å². The molecule has 1 atom stereocenters. The summed E-state index contributed by atoms with van der Waals surface area (Å²) in [5.41, 5.74) is 2.58. The molecule has 0 amide bonds. The van der Waals surface area contributed by atoms with Crippen LogP contribution in [-0.4, -0.2) is 44.3 Å². The Hall–Kier alpha value is -1.88. The summed E-state index contributed by atoms with van der Waals surface area (Å²) in [7, 11) is 0. The Morgan fingerprint density at radius 1 is 1.00 bits per heavy atom. The Morgan fingerprint density at radius 2 is 1.78 bits per heavy atom. The molecule has 0 saturated carbocycles. The van der Waals surface area contributed by atoms with Crippen molar-refractivity contribution in [2.24, 2.45) is 5.92 Å². The SMILES string of the molecule is c1ccc(COc2cccc([C@@H](C3CCOCC3)N3CCNCC3)c2)cc1. The molecule has 2 saturated heterocycles. The lowest BCUT2D eigenvalue weighted by atomic mass is 9.85. The second-order valence-corrected chi connectivity index (χ2v) is 7.53. The zero-order chi connectivity index (χ0) is 18.3. The van der Waals surface area contributed by atoms with Gasteiger partial charge in [-0.1, -0.05) is 42.5 Å². The molecule has 0 aliphatic carbocycles. The molecule has 27 heavy (non-hydrogen) atoms. The largest absolute Gasteiger partial charge is 0.489 e. The molecule has 1 N–H and O–H groups in total. The predicted molar refractivity (Wildman–Crippen MR) is 108 cm³/mol. The van der Waals surface area contributed by atoms with Crippen LogP contribution in [0.1, 0.15) is 30.0 Å². The summed E-state index contributed by atoms with van der Waals surface area (Å²) in [5, 5.41) is 3.48. The lowest BCUT2D eigenvalue weighted by Crippen LogP contribution is -2.47. The van der Waals surface area contributed by atoms with Gasteiger partial charge in [-0.3, -0.25) is 4.90 Å². The molecule has 4 nitrogen and oxygen atoms in total. The van der Waals surface area contributed by atoms with Gasteiger partial charge in [0.05, 0.1) is 0 Å². The summed E-state index contributed by atoms with van der Waals surface area (Å²) in [5.74, 6) is 1.62. The van der Waals surface area contributed by atoms with Crippen LogP contribution in [-0.2, 0) is 11.3 Å². The summed E-state index contributed by atoms with van der Waals surface area (Å²) >= 11 is 0. The second kappa shape index (κ2) is 9.36. The molecular formula is C23H30N2O2. The van der Waals surface area contributed by atoms with Crippen LogP contribution >= 0.6 is 0 Å². The highest BCUT2D eigenvalue weighted by Gasteiger charge is 2.31. The first-order chi connectivity index (χ1) is 13.4. The van der Waals surface area contributed by atoms with Crippen molar-refractivity contribution in [2.75, 3.05) is 39.4 Å². The van der Waals surface area contributed by atoms with E-state index in [-0.39, 0.29) is 0 Å². The minimum Gasteiger partial charge on any atom is -0.489 e. The minimum atomic E-state index is 0.455. The fraction of sp³-hybridized carbons (Fsp3) is 0.478. The molecule has 144 valence electrons. The van der Waals surface area contributed by atoms with Crippen molar-refractivity contribution in [1.82, 2.24) is 10.2 Å². The van der Waals surface area contributed by atoms with E-state index in [1.807, 2.05) is 6.07 Å². The Bertz CT molecular complexity index is 677. The monoisotopic (exact) mass is 366 g/mol. The van der Waals surface area contributed by atoms with Gasteiger partial charge < -0.3 is 14.8 Å². The van der Waals surface area contributed by atoms with Crippen molar-refractivity contribution < 1.29 is 9.47 Å². The van der Waals surface area contributed by atoms with Crippen LogP contribution in [0, 0.1) is 5.92 Å². The quantitative estimate of drug-likeness (QED) is 0.846. The molecule has 2 aliphatic rings. The highest BCUT2D eigenvalue weighted by Crippen LogP contribution is 2.36. The normalized spacial score (nSPS) is 20.3. The predicted octanol–water partition coefficient (Wildman–Crippen LogP) is 3.64. The number of hydrogen-bond donors (Lipinski definition) is 1. The van der Waals surface area contributed by atoms with E-state index in [9.17, 15) is 0 Å². The number of ether oxygens (including phenoxy) is 2. The van der Waals surface area contributed by atoms with E-state index >= 15 is 0 Å². The fourth-order valence-electron chi connectivity index (χ4n) is 4.30. The van der Waals surface area contributed by atoms with Gasteiger partial charge in [0.15, 0.2) is 0 Å². The number of piperazine rings is 1. The highest BCUT2D eigenvalue weighted by atomic mass is 16.5. The number of benzene rings is 2. The zero-order valence-corrected chi connectivity index (χ0v) is 16.0. The topological polar surface area (TPSA) is 33.7 Å². The standard InChI is InChI=1S/C23H30N2O2/c1-2-5-19(6-3-1)18-27-22-8-4-7-21(17-22)23(20-9-15-26-16-10-20)25-13-11-24-12-14-25/h1-8,17,20,23-24H,9-16,18H2/t23-/m1/s1. The average molecular weight is 367 g/mol. The Labute approximate surface area is 162 Å². The smallest absolute Gasteiger partial charge is 0.120 e. The lowest BCUT2D eigenvalue weighted by Gasteiger charge is -2.41. The van der Waals surface area contributed by atoms with Crippen molar-refractivity contribution in [1.29, 1.82) is 0 Å². The van der Waals surface area contributed by atoms with Gasteiger partial charge in [0.25, 0.3) is 0 Å². The molecule has 0 unspecified atom stereocenters. The second-order valence-electron chi connectivity index (χ2n) is 7.53. The molecule has 4 heteroatoms. The average Bonchev–Trinajstić information content (AvgIpc) is 2.75. The van der Waals surface area contributed by atoms with E-state index in [2.05, 4.69) is 58.7 Å². The Morgan fingerprint density at radius 3 is 2.56 bits per heavy atom. The van der Waals surface area contributed by atoms with Gasteiger partial charge in [-0.2, -0.15) is 0 Å². The van der Waals surface area contributed by atoms with E-state index in [0.29, 0.717) is 18.6 Å². The molecular weight excluding hydrogens is 336 g/mol. The van der Waals surface area contributed by atoms with E-state index in [4.69, 9.17) is 9.47 Å². The van der Waals surface area contributed by atoms with E-state index in [1.54, 1.807) is 0 Å². The summed E-state index contributed by atoms with van der Waals surface area (Å²) in [6.07, 6.45) is 2.29. The maximum Gasteiger partial charge on any atom is 0.120 e. The molecule has 0 aromatic heterocycles. The maximum absolute atomic E-state index is 6.10. The van der Waals surface area contributed by atoms with E-state index < -0.39 is 0 Å². The van der Waals surface area contributed by atoms with Crippen molar-refractivity contribution in [2.45, 2.75) is 25.5 Å². The summed E-state index contributed by atoms with van der Waals surface area (Å²) in [6.45, 7) is 6.75. The fourth-order valence-corrected chi connectivity index (χ4v) is 4.30. The molecule has 2 aromatic rings. The molecule has 2 aliphatic heterocycles. The highest BCUT2D eigenvalue weighted by molar-refractivity contribution is 5.31. The van der Waals surface area contributed by atoms with Crippen LogP contribution in [0.5, 0.6) is 5.75 Å². The molecule has 4 rings (SSSR count). The first kappa shape index (κ1) is 18.5. The summed E-state index contributed by atoms with van der Waals surface area (Å²) in [6, 6.07) is 19.6. The van der Waals surface area contributed by atoms with Crippen molar-refractivity contribution >= 4 is 0 Å².